The van der Waals surface area contributed by atoms with Crippen LogP contribution in [-0.4, -0.2) is 19.6 Å². The van der Waals surface area contributed by atoms with Gasteiger partial charge in [0.1, 0.15) is 11.4 Å². The summed E-state index contributed by atoms with van der Waals surface area (Å²) >= 11 is 0. The minimum atomic E-state index is -1.21. The van der Waals surface area contributed by atoms with Crippen molar-refractivity contribution in [1.82, 2.24) is 0 Å². The van der Waals surface area contributed by atoms with Crippen molar-refractivity contribution < 1.29 is 23.8 Å². The lowest BCUT2D eigenvalue weighted by molar-refractivity contribution is -0.167. The Bertz CT molecular complexity index is 976. The van der Waals surface area contributed by atoms with Crippen LogP contribution in [0.15, 0.2) is 78.9 Å². The average molecular weight is 403 g/mol. The van der Waals surface area contributed by atoms with E-state index < -0.39 is 17.7 Å². The van der Waals surface area contributed by atoms with Crippen molar-refractivity contribution >= 4 is 12.4 Å². The fourth-order valence-corrected chi connectivity index (χ4v) is 3.14. The molecular weight excluding hydrogens is 380 g/mol. The molecule has 0 bridgehead atoms. The third-order valence-electron chi connectivity index (χ3n) is 4.84. The van der Waals surface area contributed by atoms with E-state index in [2.05, 4.69) is 0 Å². The number of carbonyl (C=O) groups is 1. The van der Waals surface area contributed by atoms with Crippen molar-refractivity contribution in [1.29, 1.82) is 0 Å². The summed E-state index contributed by atoms with van der Waals surface area (Å²) in [5, 5.41) is 0. The van der Waals surface area contributed by atoms with Crippen molar-refractivity contribution in [3.8, 4) is 16.9 Å². The maximum absolute atomic E-state index is 12.8. The van der Waals surface area contributed by atoms with Crippen molar-refractivity contribution in [2.45, 2.75) is 25.6 Å². The van der Waals surface area contributed by atoms with Gasteiger partial charge >= 0.3 is 12.4 Å². The van der Waals surface area contributed by atoms with Crippen LogP contribution < -0.4 is 4.74 Å². The molecule has 0 aromatic heterocycles. The molecule has 3 rings (SSSR count). The van der Waals surface area contributed by atoms with Gasteiger partial charge in [0.15, 0.2) is 0 Å². The Morgan fingerprint density at radius 1 is 0.867 bits per heavy atom. The quantitative estimate of drug-likeness (QED) is 0.497. The molecule has 0 aliphatic rings. The average Bonchev–Trinajstić information content (AvgIpc) is 2.78. The smallest absolute Gasteiger partial charge is 0.418 e. The predicted octanol–water partition coefficient (Wildman–Crippen LogP) is 4.97. The zero-order valence-corrected chi connectivity index (χ0v) is 17.1. The lowest BCUT2D eigenvalue weighted by Crippen LogP contribution is -2.29. The van der Waals surface area contributed by atoms with E-state index in [1.165, 1.54) is 6.47 Å². The second kappa shape index (κ2) is 9.27. The first kappa shape index (κ1) is 21.1. The van der Waals surface area contributed by atoms with Crippen LogP contribution in [0.5, 0.6) is 5.75 Å². The summed E-state index contributed by atoms with van der Waals surface area (Å²) in [7, 11) is 1.54. The van der Waals surface area contributed by atoms with Crippen LogP contribution in [0, 0.1) is 0 Å². The second-order valence-electron chi connectivity index (χ2n) is 7.23. The Hall–Kier alpha value is -3.60. The van der Waals surface area contributed by atoms with Crippen LogP contribution in [0.3, 0.4) is 0 Å². The molecule has 1 radical (unpaired) electrons. The van der Waals surface area contributed by atoms with Crippen LogP contribution in [-0.2, 0) is 24.7 Å². The molecule has 0 saturated carbocycles. The van der Waals surface area contributed by atoms with Gasteiger partial charge in [-0.15, -0.1) is 0 Å². The molecule has 0 heterocycles. The fraction of sp³-hybridized carbons (Fsp3) is 0.200. The minimum absolute atomic E-state index is 0.472. The van der Waals surface area contributed by atoms with Crippen molar-refractivity contribution in [3.63, 3.8) is 0 Å². The monoisotopic (exact) mass is 403 g/mol. The second-order valence-corrected chi connectivity index (χ2v) is 7.23. The SMILES string of the molecule is COc1ccc(C(O[C]=O)C(=O)OC(C)(C)c2ccc(-c3ccccc3)cc2)cc1. The van der Waals surface area contributed by atoms with Crippen molar-refractivity contribution in [2.24, 2.45) is 0 Å². The predicted molar refractivity (Wildman–Crippen MR) is 114 cm³/mol. The number of rotatable bonds is 8. The highest BCUT2D eigenvalue weighted by Gasteiger charge is 2.32. The van der Waals surface area contributed by atoms with Crippen molar-refractivity contribution in [3.05, 3.63) is 90.0 Å². The third-order valence-corrected chi connectivity index (χ3v) is 4.84. The van der Waals surface area contributed by atoms with Gasteiger partial charge in [-0.05, 0) is 42.7 Å². The van der Waals surface area contributed by atoms with Crippen LogP contribution in [0.2, 0.25) is 0 Å². The lowest BCUT2D eigenvalue weighted by Gasteiger charge is -2.28. The van der Waals surface area contributed by atoms with E-state index in [-0.39, 0.29) is 0 Å². The summed E-state index contributed by atoms with van der Waals surface area (Å²) in [4.78, 5) is 23.7. The van der Waals surface area contributed by atoms with Gasteiger partial charge in [0.05, 0.1) is 7.11 Å². The Kier molecular flexibility index (Phi) is 6.52. The van der Waals surface area contributed by atoms with Gasteiger partial charge in [-0.1, -0.05) is 66.7 Å². The molecule has 1 unspecified atom stereocenters. The number of benzene rings is 3. The number of hydrogen-bond acceptors (Lipinski definition) is 5. The van der Waals surface area contributed by atoms with Gasteiger partial charge in [-0.3, -0.25) is 0 Å². The number of methoxy groups -OCH3 is 1. The summed E-state index contributed by atoms with van der Waals surface area (Å²) in [5.41, 5.74) is 2.53. The zero-order chi connectivity index (χ0) is 21.6. The number of carbonyl (C=O) groups excluding carboxylic acids is 2. The Balaban J connectivity index is 1.77. The van der Waals surface area contributed by atoms with Crippen LogP contribution in [0.4, 0.5) is 0 Å². The summed E-state index contributed by atoms with van der Waals surface area (Å²) in [5.74, 6) is -0.0551. The first-order valence-electron chi connectivity index (χ1n) is 9.50. The van der Waals surface area contributed by atoms with E-state index in [0.29, 0.717) is 11.3 Å². The maximum atomic E-state index is 12.8. The highest BCUT2D eigenvalue weighted by Crippen LogP contribution is 2.31. The molecule has 30 heavy (non-hydrogen) atoms. The normalized spacial score (nSPS) is 12.0. The molecule has 3 aromatic rings. The molecule has 0 saturated heterocycles. The molecule has 153 valence electrons. The first-order chi connectivity index (χ1) is 14.4. The van der Waals surface area contributed by atoms with E-state index in [0.717, 1.165) is 16.7 Å². The zero-order valence-electron chi connectivity index (χ0n) is 17.1. The third kappa shape index (κ3) is 4.87. The molecule has 0 N–H and O–H groups in total. The van der Waals surface area contributed by atoms with Gasteiger partial charge in [0.2, 0.25) is 6.10 Å². The fourth-order valence-electron chi connectivity index (χ4n) is 3.14. The molecule has 0 fully saturated rings. The molecule has 1 atom stereocenters. The largest absolute Gasteiger partial charge is 0.497 e. The standard InChI is InChI=1S/C25H23O5/c1-25(2,21-13-9-19(10-14-21)18-7-5-4-6-8-18)30-24(27)23(29-17-26)20-11-15-22(28-3)16-12-20/h4-16,23H,1-3H3. The van der Waals surface area contributed by atoms with Gasteiger partial charge in [0, 0.05) is 5.56 Å². The van der Waals surface area contributed by atoms with Gasteiger partial charge in [-0.25, -0.2) is 9.59 Å². The van der Waals surface area contributed by atoms with Crippen LogP contribution in [0.25, 0.3) is 11.1 Å². The minimum Gasteiger partial charge on any atom is -0.497 e. The van der Waals surface area contributed by atoms with Crippen LogP contribution in [0.1, 0.15) is 31.1 Å². The Morgan fingerprint density at radius 3 is 2.03 bits per heavy atom. The van der Waals surface area contributed by atoms with Crippen LogP contribution >= 0.6 is 0 Å². The highest BCUT2D eigenvalue weighted by atomic mass is 16.6. The van der Waals surface area contributed by atoms with Gasteiger partial charge in [-0.2, -0.15) is 0 Å². The topological polar surface area (TPSA) is 61.8 Å². The summed E-state index contributed by atoms with van der Waals surface area (Å²) in [6.45, 7) is 4.92. The molecule has 0 aliphatic heterocycles. The first-order valence-corrected chi connectivity index (χ1v) is 9.50. The van der Waals surface area contributed by atoms with E-state index in [1.54, 1.807) is 45.2 Å². The summed E-state index contributed by atoms with van der Waals surface area (Å²) in [6, 6.07) is 24.5. The highest BCUT2D eigenvalue weighted by molar-refractivity contribution is 5.78. The molecule has 5 heteroatoms. The Morgan fingerprint density at radius 2 is 1.47 bits per heavy atom. The molecule has 0 aliphatic carbocycles. The number of hydrogen-bond donors (Lipinski definition) is 0. The molecule has 0 spiro atoms. The lowest BCUT2D eigenvalue weighted by atomic mass is 9.95. The van der Waals surface area contributed by atoms with E-state index in [4.69, 9.17) is 14.2 Å². The van der Waals surface area contributed by atoms with E-state index >= 15 is 0 Å². The molecule has 3 aromatic carbocycles. The molecular formula is C25H23O5. The Labute approximate surface area is 176 Å². The maximum Gasteiger partial charge on any atom is 0.418 e. The van der Waals surface area contributed by atoms with Gasteiger partial charge in [0.25, 0.3) is 0 Å². The van der Waals surface area contributed by atoms with E-state index in [9.17, 15) is 9.59 Å². The van der Waals surface area contributed by atoms with E-state index in [1.807, 2.05) is 54.6 Å². The number of esters is 1. The molecule has 5 nitrogen and oxygen atoms in total. The number of ether oxygens (including phenoxy) is 3. The van der Waals surface area contributed by atoms with Gasteiger partial charge < -0.3 is 14.2 Å². The molecule has 0 amide bonds. The van der Waals surface area contributed by atoms with Crippen molar-refractivity contribution in [2.75, 3.05) is 7.11 Å². The summed E-state index contributed by atoms with van der Waals surface area (Å²) < 4.78 is 15.7. The summed E-state index contributed by atoms with van der Waals surface area (Å²) in [6.07, 6.45) is -1.21.